The van der Waals surface area contributed by atoms with E-state index in [-0.39, 0.29) is 0 Å². The van der Waals surface area contributed by atoms with E-state index in [0.29, 0.717) is 0 Å². The summed E-state index contributed by atoms with van der Waals surface area (Å²) in [4.78, 5) is 4.16. The molecule has 0 N–H and O–H groups in total. The van der Waals surface area contributed by atoms with Crippen LogP contribution in [0, 0.1) is 0 Å². The molecule has 0 saturated heterocycles. The second kappa shape index (κ2) is 9.80. The number of aromatic nitrogens is 3. The van der Waals surface area contributed by atoms with Gasteiger partial charge < -0.3 is 13.7 Å². The highest BCUT2D eigenvalue weighted by Gasteiger charge is 2.18. The molecule has 0 saturated carbocycles. The lowest BCUT2D eigenvalue weighted by Crippen LogP contribution is -1.98. The highest BCUT2D eigenvalue weighted by molar-refractivity contribution is 6.13. The van der Waals surface area contributed by atoms with Gasteiger partial charge in [-0.15, -0.1) is 0 Å². The average molecular weight is 601 g/mol. The van der Waals surface area contributed by atoms with E-state index in [1.165, 1.54) is 54.4 Å². The quantitative estimate of drug-likeness (QED) is 0.180. The second-order valence-electron chi connectivity index (χ2n) is 12.2. The number of para-hydroxylation sites is 4. The molecule has 0 fully saturated rings. The third kappa shape index (κ3) is 3.67. The molecule has 3 heterocycles. The van der Waals surface area contributed by atoms with Crippen molar-refractivity contribution < 1.29 is 0 Å². The number of hydrogen-bond donors (Lipinski definition) is 0. The van der Waals surface area contributed by atoms with E-state index in [9.17, 15) is 0 Å². The normalized spacial score (nSPS) is 11.9. The van der Waals surface area contributed by atoms with Gasteiger partial charge in [-0.3, -0.25) is 4.99 Å². The highest BCUT2D eigenvalue weighted by Crippen LogP contribution is 2.39. The number of benzene rings is 7. The van der Waals surface area contributed by atoms with E-state index in [0.717, 1.165) is 33.8 Å². The van der Waals surface area contributed by atoms with Gasteiger partial charge in [-0.1, -0.05) is 84.9 Å². The van der Waals surface area contributed by atoms with Gasteiger partial charge in [0.1, 0.15) is 0 Å². The van der Waals surface area contributed by atoms with Gasteiger partial charge >= 0.3 is 0 Å². The van der Waals surface area contributed by atoms with Crippen molar-refractivity contribution in [2.45, 2.75) is 0 Å². The number of aliphatic imine (C=N–C) groups is 1. The average Bonchev–Trinajstić information content (AvgIpc) is 3.77. The van der Waals surface area contributed by atoms with E-state index >= 15 is 0 Å². The van der Waals surface area contributed by atoms with E-state index in [4.69, 9.17) is 0 Å². The summed E-state index contributed by atoms with van der Waals surface area (Å²) >= 11 is 0. The minimum atomic E-state index is 0.853. The Morgan fingerprint density at radius 1 is 0.319 bits per heavy atom. The van der Waals surface area contributed by atoms with Crippen LogP contribution >= 0.6 is 0 Å². The molecule has 0 spiro atoms. The van der Waals surface area contributed by atoms with Crippen LogP contribution < -0.4 is 0 Å². The van der Waals surface area contributed by atoms with E-state index in [2.05, 4.69) is 171 Å². The Kier molecular flexibility index (Phi) is 5.40. The fraction of sp³-hybridized carbons (Fsp3) is 0. The van der Waals surface area contributed by atoms with Gasteiger partial charge in [-0.2, -0.15) is 0 Å². The Hall–Kier alpha value is -6.39. The van der Waals surface area contributed by atoms with Crippen molar-refractivity contribution in [2.24, 2.45) is 4.99 Å². The smallest absolute Gasteiger partial charge is 0.0623 e. The standard InChI is InChI=1S/C43H28N4/c1-44-28-18-20-29(21-19-28)45-42-26-30(46-38-14-6-2-10-32(38)33-11-3-7-15-39(33)46)22-24-36(42)37-25-23-31(27-43(37)45)47-40-16-8-4-12-34(40)35-13-5-9-17-41(35)47/h2-27H,1H2. The molecule has 0 atom stereocenters. The topological polar surface area (TPSA) is 27.1 Å². The van der Waals surface area contributed by atoms with Gasteiger partial charge in [0, 0.05) is 49.4 Å². The summed E-state index contributed by atoms with van der Waals surface area (Å²) in [5.74, 6) is 0. The first-order chi connectivity index (χ1) is 23.3. The van der Waals surface area contributed by atoms with Crippen LogP contribution in [0.25, 0.3) is 82.5 Å². The molecule has 3 aromatic heterocycles. The lowest BCUT2D eigenvalue weighted by molar-refractivity contribution is 1.14. The SMILES string of the molecule is C=Nc1ccc(-n2c3cc(-n4c5ccccc5c5ccccc54)ccc3c3ccc(-n4c5ccccc5c5ccccc54)cc32)cc1. The van der Waals surface area contributed by atoms with Crippen LogP contribution in [0.2, 0.25) is 0 Å². The van der Waals surface area contributed by atoms with Gasteiger partial charge in [0.15, 0.2) is 0 Å². The van der Waals surface area contributed by atoms with E-state index in [1.54, 1.807) is 0 Å². The second-order valence-corrected chi connectivity index (χ2v) is 12.2. The molecule has 0 amide bonds. The zero-order valence-electron chi connectivity index (χ0n) is 25.5. The number of rotatable bonds is 4. The summed E-state index contributed by atoms with van der Waals surface area (Å²) in [7, 11) is 0. The molecule has 4 heteroatoms. The maximum absolute atomic E-state index is 4.16. The van der Waals surface area contributed by atoms with Crippen molar-refractivity contribution in [2.75, 3.05) is 0 Å². The predicted molar refractivity (Wildman–Crippen MR) is 199 cm³/mol. The molecule has 0 aliphatic heterocycles. The minimum absolute atomic E-state index is 0.853. The van der Waals surface area contributed by atoms with Crippen LogP contribution in [0.4, 0.5) is 5.69 Å². The fourth-order valence-electron chi connectivity index (χ4n) is 7.66. The summed E-state index contributed by atoms with van der Waals surface area (Å²) in [6, 6.07) is 56.8. The molecular weight excluding hydrogens is 573 g/mol. The van der Waals surface area contributed by atoms with Crippen molar-refractivity contribution in [3.8, 4) is 17.1 Å². The molecule has 10 aromatic rings. The first kappa shape index (κ1) is 25.9. The molecule has 0 aliphatic rings. The molecule has 220 valence electrons. The monoisotopic (exact) mass is 600 g/mol. The van der Waals surface area contributed by atoms with Crippen LogP contribution in [0.15, 0.2) is 163 Å². The fourth-order valence-corrected chi connectivity index (χ4v) is 7.66. The Morgan fingerprint density at radius 2 is 0.638 bits per heavy atom. The van der Waals surface area contributed by atoms with Gasteiger partial charge in [-0.25, -0.2) is 0 Å². The molecule has 7 aromatic carbocycles. The van der Waals surface area contributed by atoms with Crippen LogP contribution in [0.3, 0.4) is 0 Å². The Labute approximate surface area is 270 Å². The molecular formula is C43H28N4. The summed E-state index contributed by atoms with van der Waals surface area (Å²) in [5.41, 5.74) is 11.3. The van der Waals surface area contributed by atoms with Crippen LogP contribution in [0.5, 0.6) is 0 Å². The molecule has 0 radical (unpaired) electrons. The lowest BCUT2D eigenvalue weighted by Gasteiger charge is -2.12. The number of hydrogen-bond acceptors (Lipinski definition) is 1. The summed E-state index contributed by atoms with van der Waals surface area (Å²) in [5, 5.41) is 7.45. The Bertz CT molecular complexity index is 2580. The first-order valence-electron chi connectivity index (χ1n) is 15.9. The molecule has 0 bridgehead atoms. The summed E-state index contributed by atoms with van der Waals surface area (Å²) in [6.07, 6.45) is 0. The highest BCUT2D eigenvalue weighted by atomic mass is 15.0. The third-order valence-electron chi connectivity index (χ3n) is 9.70. The van der Waals surface area contributed by atoms with Crippen LogP contribution in [-0.4, -0.2) is 20.4 Å². The zero-order chi connectivity index (χ0) is 31.1. The van der Waals surface area contributed by atoms with Gasteiger partial charge in [0.05, 0.1) is 38.8 Å². The van der Waals surface area contributed by atoms with Crippen LogP contribution in [0.1, 0.15) is 0 Å². The van der Waals surface area contributed by atoms with Gasteiger partial charge in [0.2, 0.25) is 0 Å². The van der Waals surface area contributed by atoms with Crippen molar-refractivity contribution >= 4 is 77.8 Å². The van der Waals surface area contributed by atoms with Gasteiger partial charge in [0.25, 0.3) is 0 Å². The predicted octanol–water partition coefficient (Wildman–Crippen LogP) is 11.3. The van der Waals surface area contributed by atoms with Crippen molar-refractivity contribution in [1.82, 2.24) is 13.7 Å². The first-order valence-corrected chi connectivity index (χ1v) is 15.9. The maximum atomic E-state index is 4.16. The molecule has 4 nitrogen and oxygen atoms in total. The Morgan fingerprint density at radius 3 is 1.02 bits per heavy atom. The third-order valence-corrected chi connectivity index (χ3v) is 9.70. The van der Waals surface area contributed by atoms with E-state index < -0.39 is 0 Å². The van der Waals surface area contributed by atoms with Gasteiger partial charge in [-0.05, 0) is 79.5 Å². The van der Waals surface area contributed by atoms with E-state index in [1.807, 2.05) is 12.1 Å². The summed E-state index contributed by atoms with van der Waals surface area (Å²) < 4.78 is 7.17. The number of fused-ring (bicyclic) bond motifs is 9. The van der Waals surface area contributed by atoms with Crippen molar-refractivity contribution in [3.05, 3.63) is 158 Å². The summed E-state index contributed by atoms with van der Waals surface area (Å²) in [6.45, 7) is 3.74. The maximum Gasteiger partial charge on any atom is 0.0623 e. The number of nitrogens with zero attached hydrogens (tertiary/aromatic N) is 4. The lowest BCUT2D eigenvalue weighted by atomic mass is 10.1. The molecule has 0 unspecified atom stereocenters. The van der Waals surface area contributed by atoms with Crippen molar-refractivity contribution in [1.29, 1.82) is 0 Å². The molecule has 47 heavy (non-hydrogen) atoms. The minimum Gasteiger partial charge on any atom is -0.309 e. The zero-order valence-corrected chi connectivity index (χ0v) is 25.5. The Balaban J connectivity index is 1.29. The largest absolute Gasteiger partial charge is 0.309 e. The van der Waals surface area contributed by atoms with Crippen molar-refractivity contribution in [3.63, 3.8) is 0 Å². The molecule has 0 aliphatic carbocycles. The van der Waals surface area contributed by atoms with Crippen LogP contribution in [-0.2, 0) is 0 Å². The molecule has 10 rings (SSSR count).